The minimum atomic E-state index is -0.495. The van der Waals surface area contributed by atoms with Crippen LogP contribution in [0.4, 0.5) is 4.39 Å². The van der Waals surface area contributed by atoms with Gasteiger partial charge in [-0.15, -0.1) is 0 Å². The van der Waals surface area contributed by atoms with Crippen LogP contribution in [0.5, 0.6) is 5.75 Å². The summed E-state index contributed by atoms with van der Waals surface area (Å²) >= 11 is 0. The molecule has 0 heterocycles. The Morgan fingerprint density at radius 2 is 1.85 bits per heavy atom. The second-order valence-electron chi connectivity index (χ2n) is 4.75. The van der Waals surface area contributed by atoms with E-state index in [0.717, 1.165) is 12.0 Å². The third-order valence-electron chi connectivity index (χ3n) is 3.37. The van der Waals surface area contributed by atoms with Crippen LogP contribution < -0.4 is 4.74 Å². The molecule has 2 rings (SSSR count). The number of ether oxygens (including phenoxy) is 1. The number of aryl methyl sites for hydroxylation is 1. The number of aliphatic hydroxyl groups excluding tert-OH is 1. The molecule has 20 heavy (non-hydrogen) atoms. The quantitative estimate of drug-likeness (QED) is 0.866. The van der Waals surface area contributed by atoms with E-state index in [4.69, 9.17) is 4.74 Å². The average Bonchev–Trinajstić information content (AvgIpc) is 2.49. The first-order chi connectivity index (χ1) is 9.72. The van der Waals surface area contributed by atoms with Crippen molar-refractivity contribution < 1.29 is 14.2 Å². The molecule has 1 N–H and O–H groups in total. The van der Waals surface area contributed by atoms with Gasteiger partial charge in [0.2, 0.25) is 0 Å². The van der Waals surface area contributed by atoms with E-state index in [9.17, 15) is 9.50 Å². The topological polar surface area (TPSA) is 29.5 Å². The van der Waals surface area contributed by atoms with Crippen LogP contribution in [0.1, 0.15) is 30.1 Å². The van der Waals surface area contributed by atoms with Crippen molar-refractivity contribution >= 4 is 0 Å². The molecule has 0 aliphatic rings. The van der Waals surface area contributed by atoms with Crippen LogP contribution >= 0.6 is 0 Å². The van der Waals surface area contributed by atoms with E-state index in [-0.39, 0.29) is 11.6 Å². The first-order valence-electron chi connectivity index (χ1n) is 6.76. The highest BCUT2D eigenvalue weighted by molar-refractivity contribution is 5.31. The predicted octanol–water partition coefficient (Wildman–Crippen LogP) is 3.89. The van der Waals surface area contributed by atoms with Crippen LogP contribution in [0.3, 0.4) is 0 Å². The summed E-state index contributed by atoms with van der Waals surface area (Å²) < 4.78 is 18.9. The normalized spacial score (nSPS) is 12.2. The molecule has 2 aromatic rings. The first-order valence-corrected chi connectivity index (χ1v) is 6.76. The summed E-state index contributed by atoms with van der Waals surface area (Å²) in [7, 11) is 1.46. The first kappa shape index (κ1) is 14.5. The Morgan fingerprint density at radius 3 is 2.55 bits per heavy atom. The molecule has 0 bridgehead atoms. The van der Waals surface area contributed by atoms with Crippen LogP contribution in [0, 0.1) is 5.82 Å². The lowest BCUT2D eigenvalue weighted by molar-refractivity contribution is 0.164. The maximum atomic E-state index is 13.9. The van der Waals surface area contributed by atoms with Crippen molar-refractivity contribution in [3.63, 3.8) is 0 Å². The summed E-state index contributed by atoms with van der Waals surface area (Å²) in [5.74, 6) is -0.0321. The second-order valence-corrected chi connectivity index (χ2v) is 4.75. The fourth-order valence-electron chi connectivity index (χ4n) is 2.23. The zero-order valence-corrected chi connectivity index (χ0v) is 11.6. The Balaban J connectivity index is 1.90. The smallest absolute Gasteiger partial charge is 0.168 e. The molecular weight excluding hydrogens is 255 g/mol. The lowest BCUT2D eigenvalue weighted by Gasteiger charge is -2.11. The minimum absolute atomic E-state index is 0.270. The standard InChI is InChI=1S/C17H19FO2/c1-20-16-12-6-10-14(17(16)18)9-5-11-15(19)13-7-3-2-4-8-13/h2-4,6-8,10,12,15,19H,5,9,11H2,1H3. The van der Waals surface area contributed by atoms with E-state index < -0.39 is 6.10 Å². The van der Waals surface area contributed by atoms with Gasteiger partial charge in [0.15, 0.2) is 11.6 Å². The summed E-state index contributed by atoms with van der Waals surface area (Å²) in [6.45, 7) is 0. The van der Waals surface area contributed by atoms with Gasteiger partial charge in [0.05, 0.1) is 13.2 Å². The molecule has 106 valence electrons. The van der Waals surface area contributed by atoms with Crippen molar-refractivity contribution in [3.8, 4) is 5.75 Å². The Morgan fingerprint density at radius 1 is 1.10 bits per heavy atom. The molecule has 0 radical (unpaired) electrons. The Hall–Kier alpha value is -1.87. The molecule has 0 aromatic heterocycles. The van der Waals surface area contributed by atoms with E-state index in [1.807, 2.05) is 30.3 Å². The van der Waals surface area contributed by atoms with Gasteiger partial charge < -0.3 is 9.84 Å². The largest absolute Gasteiger partial charge is 0.494 e. The summed E-state index contributed by atoms with van der Waals surface area (Å²) in [5, 5.41) is 10.1. The maximum Gasteiger partial charge on any atom is 0.168 e. The molecular formula is C17H19FO2. The lowest BCUT2D eigenvalue weighted by atomic mass is 10.0. The van der Waals surface area contributed by atoms with Crippen LogP contribution in [0.25, 0.3) is 0 Å². The number of hydrogen-bond acceptors (Lipinski definition) is 2. The molecule has 3 heteroatoms. The van der Waals surface area contributed by atoms with Crippen molar-refractivity contribution in [1.29, 1.82) is 0 Å². The Labute approximate surface area is 118 Å². The lowest BCUT2D eigenvalue weighted by Crippen LogP contribution is -2.00. The van der Waals surface area contributed by atoms with Gasteiger partial charge >= 0.3 is 0 Å². The number of halogens is 1. The van der Waals surface area contributed by atoms with Crippen molar-refractivity contribution in [2.24, 2.45) is 0 Å². The molecule has 0 saturated heterocycles. The van der Waals surface area contributed by atoms with Crippen molar-refractivity contribution in [1.82, 2.24) is 0 Å². The van der Waals surface area contributed by atoms with Gasteiger partial charge in [0, 0.05) is 0 Å². The molecule has 1 unspecified atom stereocenters. The SMILES string of the molecule is COc1cccc(CCCC(O)c2ccccc2)c1F. The van der Waals surface area contributed by atoms with Gasteiger partial charge in [-0.25, -0.2) is 4.39 Å². The fourth-order valence-corrected chi connectivity index (χ4v) is 2.23. The summed E-state index contributed by atoms with van der Waals surface area (Å²) in [4.78, 5) is 0. The number of rotatable bonds is 6. The zero-order chi connectivity index (χ0) is 14.4. The van der Waals surface area contributed by atoms with Gasteiger partial charge in [-0.2, -0.15) is 0 Å². The number of methoxy groups -OCH3 is 1. The Kier molecular flexibility index (Phi) is 5.13. The summed E-state index contributed by atoms with van der Waals surface area (Å²) in [5.41, 5.74) is 1.53. The van der Waals surface area contributed by atoms with E-state index in [1.54, 1.807) is 18.2 Å². The number of benzene rings is 2. The van der Waals surface area contributed by atoms with Gasteiger partial charge in [-0.3, -0.25) is 0 Å². The third kappa shape index (κ3) is 3.58. The highest BCUT2D eigenvalue weighted by Crippen LogP contribution is 2.23. The van der Waals surface area contributed by atoms with Gasteiger partial charge in [-0.05, 0) is 36.5 Å². The monoisotopic (exact) mass is 274 g/mol. The number of hydrogen-bond donors (Lipinski definition) is 1. The minimum Gasteiger partial charge on any atom is -0.494 e. The molecule has 0 aliphatic heterocycles. The van der Waals surface area contributed by atoms with E-state index >= 15 is 0 Å². The summed E-state index contributed by atoms with van der Waals surface area (Å²) in [6.07, 6.45) is 1.43. The van der Waals surface area contributed by atoms with E-state index in [2.05, 4.69) is 0 Å². The number of aliphatic hydroxyl groups is 1. The second kappa shape index (κ2) is 7.06. The van der Waals surface area contributed by atoms with Crippen molar-refractivity contribution in [2.75, 3.05) is 7.11 Å². The molecule has 0 fully saturated rings. The Bertz CT molecular complexity index is 540. The van der Waals surface area contributed by atoms with Gasteiger partial charge in [0.25, 0.3) is 0 Å². The van der Waals surface area contributed by atoms with Gasteiger partial charge in [-0.1, -0.05) is 42.5 Å². The molecule has 0 spiro atoms. The molecule has 0 aliphatic carbocycles. The third-order valence-corrected chi connectivity index (χ3v) is 3.37. The van der Waals surface area contributed by atoms with Crippen molar-refractivity contribution in [3.05, 3.63) is 65.5 Å². The summed E-state index contributed by atoms with van der Waals surface area (Å²) in [6, 6.07) is 14.7. The maximum absolute atomic E-state index is 13.9. The highest BCUT2D eigenvalue weighted by atomic mass is 19.1. The van der Waals surface area contributed by atoms with Crippen LogP contribution in [-0.4, -0.2) is 12.2 Å². The van der Waals surface area contributed by atoms with E-state index in [0.29, 0.717) is 18.4 Å². The van der Waals surface area contributed by atoms with Crippen LogP contribution in [0.15, 0.2) is 48.5 Å². The predicted molar refractivity (Wildman–Crippen MR) is 77.3 cm³/mol. The molecule has 1 atom stereocenters. The zero-order valence-electron chi connectivity index (χ0n) is 11.6. The van der Waals surface area contributed by atoms with Crippen LogP contribution in [-0.2, 0) is 6.42 Å². The van der Waals surface area contributed by atoms with Crippen molar-refractivity contribution in [2.45, 2.75) is 25.4 Å². The van der Waals surface area contributed by atoms with Crippen LogP contribution in [0.2, 0.25) is 0 Å². The molecule has 0 saturated carbocycles. The highest BCUT2D eigenvalue weighted by Gasteiger charge is 2.10. The molecule has 2 aromatic carbocycles. The van der Waals surface area contributed by atoms with E-state index in [1.165, 1.54) is 7.11 Å². The average molecular weight is 274 g/mol. The molecule has 0 amide bonds. The fraction of sp³-hybridized carbons (Fsp3) is 0.294. The molecule has 2 nitrogen and oxygen atoms in total. The van der Waals surface area contributed by atoms with Gasteiger partial charge in [0.1, 0.15) is 0 Å².